The van der Waals surface area contributed by atoms with Gasteiger partial charge in [0, 0.05) is 17.1 Å². The first-order valence-corrected chi connectivity index (χ1v) is 5.36. The van der Waals surface area contributed by atoms with Gasteiger partial charge in [0.2, 0.25) is 5.91 Å². The minimum absolute atomic E-state index is 0.153. The molecule has 4 heteroatoms. The maximum absolute atomic E-state index is 11.5. The molecule has 1 aromatic rings. The number of hydrogen-bond acceptors (Lipinski definition) is 2. The second-order valence-electron chi connectivity index (χ2n) is 3.74. The molecule has 1 unspecified atom stereocenters. The van der Waals surface area contributed by atoms with E-state index >= 15 is 0 Å². The van der Waals surface area contributed by atoms with Gasteiger partial charge in [0.1, 0.15) is 0 Å². The standard InChI is InChI=1S/C12H13ClN2O/c1-8(7-14)5-12(16)15-11-4-3-10(13)6-9(11)2/h3-4,6,8H,5H2,1-2H3,(H,15,16). The zero-order valence-corrected chi connectivity index (χ0v) is 10.0. The summed E-state index contributed by atoms with van der Waals surface area (Å²) in [6, 6.07) is 7.28. The SMILES string of the molecule is Cc1cc(Cl)ccc1NC(=O)CC(C)C#N. The highest BCUT2D eigenvalue weighted by Gasteiger charge is 2.09. The van der Waals surface area contributed by atoms with E-state index in [0.717, 1.165) is 11.3 Å². The maximum atomic E-state index is 11.5. The number of halogens is 1. The molecule has 1 rings (SSSR count). The molecular weight excluding hydrogens is 224 g/mol. The molecule has 0 aliphatic carbocycles. The predicted molar refractivity (Wildman–Crippen MR) is 64.2 cm³/mol. The number of nitriles is 1. The molecule has 1 aromatic carbocycles. The Morgan fingerprint density at radius 1 is 1.62 bits per heavy atom. The normalized spacial score (nSPS) is 11.6. The van der Waals surface area contributed by atoms with Crippen molar-refractivity contribution in [3.8, 4) is 6.07 Å². The highest BCUT2D eigenvalue weighted by atomic mass is 35.5. The van der Waals surface area contributed by atoms with E-state index in [-0.39, 0.29) is 18.2 Å². The molecular formula is C12H13ClN2O. The van der Waals surface area contributed by atoms with E-state index in [1.165, 1.54) is 0 Å². The lowest BCUT2D eigenvalue weighted by atomic mass is 10.1. The van der Waals surface area contributed by atoms with Gasteiger partial charge in [0.05, 0.1) is 12.0 Å². The number of anilines is 1. The molecule has 1 N–H and O–H groups in total. The fourth-order valence-corrected chi connectivity index (χ4v) is 1.52. The first-order valence-electron chi connectivity index (χ1n) is 4.98. The largest absolute Gasteiger partial charge is 0.326 e. The fourth-order valence-electron chi connectivity index (χ4n) is 1.29. The van der Waals surface area contributed by atoms with E-state index in [4.69, 9.17) is 16.9 Å². The van der Waals surface area contributed by atoms with Crippen LogP contribution in [0.2, 0.25) is 5.02 Å². The molecule has 1 atom stereocenters. The van der Waals surface area contributed by atoms with Gasteiger partial charge < -0.3 is 5.32 Å². The summed E-state index contributed by atoms with van der Waals surface area (Å²) in [6.45, 7) is 3.59. The lowest BCUT2D eigenvalue weighted by Crippen LogP contribution is -2.15. The Morgan fingerprint density at radius 3 is 2.88 bits per heavy atom. The predicted octanol–water partition coefficient (Wildman–Crippen LogP) is 3.14. The molecule has 1 amide bonds. The first-order chi connectivity index (χ1) is 7.52. The third-order valence-electron chi connectivity index (χ3n) is 2.17. The maximum Gasteiger partial charge on any atom is 0.225 e. The Labute approximate surface area is 100 Å². The smallest absolute Gasteiger partial charge is 0.225 e. The van der Waals surface area contributed by atoms with Crippen LogP contribution in [0.1, 0.15) is 18.9 Å². The Kier molecular flexibility index (Phi) is 4.33. The Balaban J connectivity index is 2.67. The second-order valence-corrected chi connectivity index (χ2v) is 4.18. The minimum atomic E-state index is -0.271. The monoisotopic (exact) mass is 236 g/mol. The van der Waals surface area contributed by atoms with Crippen molar-refractivity contribution >= 4 is 23.2 Å². The second kappa shape index (κ2) is 5.53. The number of nitrogens with zero attached hydrogens (tertiary/aromatic N) is 1. The van der Waals surface area contributed by atoms with Crippen molar-refractivity contribution in [2.45, 2.75) is 20.3 Å². The highest BCUT2D eigenvalue weighted by Crippen LogP contribution is 2.19. The van der Waals surface area contributed by atoms with Gasteiger partial charge in [-0.25, -0.2) is 0 Å². The summed E-state index contributed by atoms with van der Waals surface area (Å²) in [6.07, 6.45) is 0.207. The lowest BCUT2D eigenvalue weighted by Gasteiger charge is -2.09. The van der Waals surface area contributed by atoms with E-state index in [1.807, 2.05) is 13.0 Å². The molecule has 0 fully saturated rings. The zero-order chi connectivity index (χ0) is 12.1. The van der Waals surface area contributed by atoms with Crippen LogP contribution in [0, 0.1) is 24.2 Å². The number of aryl methyl sites for hydroxylation is 1. The molecule has 0 radical (unpaired) electrons. The van der Waals surface area contributed by atoms with Crippen molar-refractivity contribution < 1.29 is 4.79 Å². The van der Waals surface area contributed by atoms with Crippen LogP contribution in [-0.2, 0) is 4.79 Å². The van der Waals surface area contributed by atoms with Gasteiger partial charge in [-0.05, 0) is 37.6 Å². The topological polar surface area (TPSA) is 52.9 Å². The van der Waals surface area contributed by atoms with Crippen LogP contribution in [0.15, 0.2) is 18.2 Å². The molecule has 84 valence electrons. The summed E-state index contributed by atoms with van der Waals surface area (Å²) in [4.78, 5) is 11.5. The Morgan fingerprint density at radius 2 is 2.31 bits per heavy atom. The van der Waals surface area contributed by atoms with Crippen LogP contribution in [0.25, 0.3) is 0 Å². The van der Waals surface area contributed by atoms with Crippen LogP contribution < -0.4 is 5.32 Å². The Hall–Kier alpha value is -1.53. The average Bonchev–Trinajstić information content (AvgIpc) is 2.22. The Bertz CT molecular complexity index is 437. The molecule has 0 aliphatic heterocycles. The van der Waals surface area contributed by atoms with Crippen LogP contribution in [0.3, 0.4) is 0 Å². The molecule has 16 heavy (non-hydrogen) atoms. The van der Waals surface area contributed by atoms with Crippen LogP contribution in [-0.4, -0.2) is 5.91 Å². The van der Waals surface area contributed by atoms with Crippen molar-refractivity contribution in [1.29, 1.82) is 5.26 Å². The molecule has 0 saturated carbocycles. The number of carbonyl (C=O) groups excluding carboxylic acids is 1. The summed E-state index contributed by atoms with van der Waals surface area (Å²) in [5.74, 6) is -0.424. The number of rotatable bonds is 3. The van der Waals surface area contributed by atoms with Gasteiger partial charge in [0.15, 0.2) is 0 Å². The van der Waals surface area contributed by atoms with E-state index in [0.29, 0.717) is 5.02 Å². The van der Waals surface area contributed by atoms with E-state index < -0.39 is 0 Å². The average molecular weight is 237 g/mol. The molecule has 0 aliphatic rings. The number of nitrogens with one attached hydrogen (secondary N) is 1. The van der Waals surface area contributed by atoms with Gasteiger partial charge in [0.25, 0.3) is 0 Å². The summed E-state index contributed by atoms with van der Waals surface area (Å²) >= 11 is 5.80. The van der Waals surface area contributed by atoms with Crippen LogP contribution in [0.4, 0.5) is 5.69 Å². The quantitative estimate of drug-likeness (QED) is 0.877. The minimum Gasteiger partial charge on any atom is -0.326 e. The third kappa shape index (κ3) is 3.56. The summed E-state index contributed by atoms with van der Waals surface area (Å²) in [5, 5.41) is 12.0. The molecule has 0 heterocycles. The fraction of sp³-hybridized carbons (Fsp3) is 0.333. The summed E-state index contributed by atoms with van der Waals surface area (Å²) in [5.41, 5.74) is 1.64. The third-order valence-corrected chi connectivity index (χ3v) is 2.41. The lowest BCUT2D eigenvalue weighted by molar-refractivity contribution is -0.116. The number of hydrogen-bond donors (Lipinski definition) is 1. The van der Waals surface area contributed by atoms with Crippen molar-refractivity contribution in [3.63, 3.8) is 0 Å². The molecule has 0 spiro atoms. The van der Waals surface area contributed by atoms with Crippen molar-refractivity contribution in [2.75, 3.05) is 5.32 Å². The number of amides is 1. The molecule has 0 aromatic heterocycles. The molecule has 0 saturated heterocycles. The van der Waals surface area contributed by atoms with Crippen LogP contribution >= 0.6 is 11.6 Å². The van der Waals surface area contributed by atoms with Gasteiger partial charge in [-0.15, -0.1) is 0 Å². The molecule has 3 nitrogen and oxygen atoms in total. The van der Waals surface area contributed by atoms with Gasteiger partial charge in [-0.1, -0.05) is 11.6 Å². The van der Waals surface area contributed by atoms with Gasteiger partial charge in [-0.2, -0.15) is 5.26 Å². The van der Waals surface area contributed by atoms with Crippen molar-refractivity contribution in [1.82, 2.24) is 0 Å². The van der Waals surface area contributed by atoms with Crippen molar-refractivity contribution in [2.24, 2.45) is 5.92 Å². The first kappa shape index (κ1) is 12.5. The number of benzene rings is 1. The van der Waals surface area contributed by atoms with Crippen LogP contribution in [0.5, 0.6) is 0 Å². The molecule has 0 bridgehead atoms. The van der Waals surface area contributed by atoms with Gasteiger partial charge in [-0.3, -0.25) is 4.79 Å². The van der Waals surface area contributed by atoms with Crippen molar-refractivity contribution in [3.05, 3.63) is 28.8 Å². The van der Waals surface area contributed by atoms with E-state index in [9.17, 15) is 4.79 Å². The number of carbonyl (C=O) groups is 1. The summed E-state index contributed by atoms with van der Waals surface area (Å²) in [7, 11) is 0. The van der Waals surface area contributed by atoms with E-state index in [1.54, 1.807) is 25.1 Å². The highest BCUT2D eigenvalue weighted by molar-refractivity contribution is 6.30. The van der Waals surface area contributed by atoms with E-state index in [2.05, 4.69) is 5.32 Å². The summed E-state index contributed by atoms with van der Waals surface area (Å²) < 4.78 is 0. The van der Waals surface area contributed by atoms with Gasteiger partial charge >= 0.3 is 0 Å². The zero-order valence-electron chi connectivity index (χ0n) is 9.25.